The Morgan fingerprint density at radius 1 is 1.14 bits per heavy atom. The molecule has 36 heavy (non-hydrogen) atoms. The lowest BCUT2D eigenvalue weighted by atomic mass is 10.1. The van der Waals surface area contributed by atoms with Crippen LogP contribution < -0.4 is 16.0 Å². The number of nitrogens with one attached hydrogen (secondary N) is 3. The number of aryl methyl sites for hydroxylation is 2. The van der Waals surface area contributed by atoms with E-state index in [1.807, 2.05) is 23.5 Å². The van der Waals surface area contributed by atoms with Gasteiger partial charge in [-0.1, -0.05) is 17.7 Å². The van der Waals surface area contributed by atoms with Gasteiger partial charge in [-0.25, -0.2) is 14.8 Å². The van der Waals surface area contributed by atoms with Crippen LogP contribution in [-0.2, 0) is 0 Å². The van der Waals surface area contributed by atoms with Crippen LogP contribution in [0.1, 0.15) is 40.7 Å². The number of nitrogens with zero attached hydrogens (tertiary/aromatic N) is 3. The molecule has 1 aliphatic carbocycles. The molecule has 0 spiro atoms. The predicted molar refractivity (Wildman–Crippen MR) is 140 cm³/mol. The summed E-state index contributed by atoms with van der Waals surface area (Å²) in [6.45, 7) is 4.97. The number of carboxylic acid groups (broad SMARTS) is 1. The lowest BCUT2D eigenvalue weighted by Crippen LogP contribution is -2.25. The van der Waals surface area contributed by atoms with Gasteiger partial charge < -0.3 is 21.1 Å². The summed E-state index contributed by atoms with van der Waals surface area (Å²) in [6, 6.07) is 9.82. The van der Waals surface area contributed by atoms with Crippen LogP contribution >= 0.6 is 11.6 Å². The van der Waals surface area contributed by atoms with E-state index >= 15 is 0 Å². The van der Waals surface area contributed by atoms with Gasteiger partial charge in [-0.2, -0.15) is 0 Å². The molecular weight excluding hydrogens is 480 g/mol. The van der Waals surface area contributed by atoms with E-state index in [0.717, 1.165) is 46.3 Å². The number of halogens is 1. The number of hydrogen-bond donors (Lipinski definition) is 4. The molecule has 5 rings (SSSR count). The SMILES string of the molecule is Cc1cc2nc(NCCCNC(=O)O)c3ncc(-c4ccc(C(=O)NC5CC5)c(Cl)c4)n3c2cc1C. The first kappa shape index (κ1) is 23.9. The average Bonchev–Trinajstić information content (AvgIpc) is 3.53. The molecule has 0 bridgehead atoms. The Hall–Kier alpha value is -3.85. The number of rotatable bonds is 8. The number of hydrogen-bond acceptors (Lipinski definition) is 5. The maximum Gasteiger partial charge on any atom is 0.404 e. The van der Waals surface area contributed by atoms with Gasteiger partial charge >= 0.3 is 6.09 Å². The van der Waals surface area contributed by atoms with E-state index in [1.165, 1.54) is 0 Å². The van der Waals surface area contributed by atoms with Crippen molar-refractivity contribution in [1.82, 2.24) is 25.0 Å². The zero-order chi connectivity index (χ0) is 25.4. The number of imidazole rings is 1. The third kappa shape index (κ3) is 4.79. The van der Waals surface area contributed by atoms with Crippen LogP contribution in [0.4, 0.5) is 10.6 Å². The van der Waals surface area contributed by atoms with Crippen LogP contribution in [-0.4, -0.2) is 50.6 Å². The number of anilines is 1. The van der Waals surface area contributed by atoms with E-state index in [2.05, 4.69) is 33.9 Å². The fourth-order valence-electron chi connectivity index (χ4n) is 4.15. The zero-order valence-corrected chi connectivity index (χ0v) is 20.8. The first-order valence-corrected chi connectivity index (χ1v) is 12.3. The van der Waals surface area contributed by atoms with Gasteiger partial charge in [0.2, 0.25) is 0 Å². The van der Waals surface area contributed by atoms with Crippen molar-refractivity contribution in [2.45, 2.75) is 39.2 Å². The summed E-state index contributed by atoms with van der Waals surface area (Å²) in [5.41, 5.74) is 6.74. The Morgan fingerprint density at radius 2 is 1.92 bits per heavy atom. The normalized spacial score (nSPS) is 13.2. The number of carbonyl (C=O) groups is 2. The summed E-state index contributed by atoms with van der Waals surface area (Å²) in [5, 5.41) is 17.8. The quantitative estimate of drug-likeness (QED) is 0.255. The Morgan fingerprint density at radius 3 is 2.64 bits per heavy atom. The molecule has 0 unspecified atom stereocenters. The van der Waals surface area contributed by atoms with Gasteiger partial charge in [0.15, 0.2) is 11.5 Å². The number of fused-ring (bicyclic) bond motifs is 3. The molecule has 0 atom stereocenters. The minimum absolute atomic E-state index is 0.156. The fourth-order valence-corrected chi connectivity index (χ4v) is 4.42. The van der Waals surface area contributed by atoms with Crippen LogP contribution in [0.25, 0.3) is 27.9 Å². The van der Waals surface area contributed by atoms with Crippen molar-refractivity contribution in [2.75, 3.05) is 18.4 Å². The molecule has 2 heterocycles. The van der Waals surface area contributed by atoms with E-state index in [1.54, 1.807) is 18.3 Å². The molecule has 1 aliphatic rings. The van der Waals surface area contributed by atoms with Crippen LogP contribution in [0, 0.1) is 13.8 Å². The third-order valence-corrected chi connectivity index (χ3v) is 6.69. The van der Waals surface area contributed by atoms with E-state index in [4.69, 9.17) is 21.7 Å². The van der Waals surface area contributed by atoms with Gasteiger partial charge in [-0.3, -0.25) is 9.20 Å². The molecule has 2 amide bonds. The highest BCUT2D eigenvalue weighted by Crippen LogP contribution is 2.32. The van der Waals surface area contributed by atoms with Gasteiger partial charge in [0, 0.05) is 24.7 Å². The Balaban J connectivity index is 1.55. The van der Waals surface area contributed by atoms with E-state index in [-0.39, 0.29) is 11.9 Å². The van der Waals surface area contributed by atoms with Crippen LogP contribution in [0.3, 0.4) is 0 Å². The summed E-state index contributed by atoms with van der Waals surface area (Å²) in [4.78, 5) is 32.7. The van der Waals surface area contributed by atoms with Crippen molar-refractivity contribution in [3.8, 4) is 11.3 Å². The molecular formula is C26H27ClN6O3. The lowest BCUT2D eigenvalue weighted by molar-refractivity contribution is 0.0951. The molecule has 1 fully saturated rings. The number of carbonyl (C=O) groups excluding carboxylic acids is 1. The van der Waals surface area contributed by atoms with Crippen LogP contribution in [0.5, 0.6) is 0 Å². The molecule has 10 heteroatoms. The van der Waals surface area contributed by atoms with Crippen LogP contribution in [0.15, 0.2) is 36.5 Å². The largest absolute Gasteiger partial charge is 0.465 e. The molecule has 0 aliphatic heterocycles. The van der Waals surface area contributed by atoms with Crippen molar-refractivity contribution in [1.29, 1.82) is 0 Å². The van der Waals surface area contributed by atoms with Crippen LogP contribution in [0.2, 0.25) is 5.02 Å². The zero-order valence-electron chi connectivity index (χ0n) is 20.1. The van der Waals surface area contributed by atoms with Crippen molar-refractivity contribution in [3.05, 3.63) is 58.2 Å². The van der Waals surface area contributed by atoms with Crippen molar-refractivity contribution in [3.63, 3.8) is 0 Å². The molecule has 2 aromatic carbocycles. The van der Waals surface area contributed by atoms with Gasteiger partial charge in [0.05, 0.1) is 33.5 Å². The maximum atomic E-state index is 12.5. The lowest BCUT2D eigenvalue weighted by Gasteiger charge is -2.14. The molecule has 1 saturated carbocycles. The molecule has 2 aromatic heterocycles. The summed E-state index contributed by atoms with van der Waals surface area (Å²) in [5.74, 6) is 0.454. The van der Waals surface area contributed by atoms with Crippen molar-refractivity contribution < 1.29 is 14.7 Å². The molecule has 9 nitrogen and oxygen atoms in total. The summed E-state index contributed by atoms with van der Waals surface area (Å²) in [7, 11) is 0. The smallest absolute Gasteiger partial charge is 0.404 e. The monoisotopic (exact) mass is 506 g/mol. The minimum atomic E-state index is -1.04. The molecule has 4 aromatic rings. The van der Waals surface area contributed by atoms with E-state index in [9.17, 15) is 9.59 Å². The topological polar surface area (TPSA) is 121 Å². The number of amides is 2. The number of aromatic nitrogens is 3. The second-order valence-electron chi connectivity index (χ2n) is 9.14. The minimum Gasteiger partial charge on any atom is -0.465 e. The highest BCUT2D eigenvalue weighted by molar-refractivity contribution is 6.34. The predicted octanol–water partition coefficient (Wildman–Crippen LogP) is 4.78. The Labute approximate surface area is 212 Å². The molecule has 0 radical (unpaired) electrons. The van der Waals surface area contributed by atoms with Gasteiger partial charge in [-0.15, -0.1) is 0 Å². The Bertz CT molecular complexity index is 1490. The molecule has 0 saturated heterocycles. The fraction of sp³-hybridized carbons (Fsp3) is 0.308. The van der Waals surface area contributed by atoms with Gasteiger partial charge in [0.1, 0.15) is 0 Å². The third-order valence-electron chi connectivity index (χ3n) is 6.38. The maximum absolute atomic E-state index is 12.5. The van der Waals surface area contributed by atoms with E-state index in [0.29, 0.717) is 41.6 Å². The molecule has 186 valence electrons. The van der Waals surface area contributed by atoms with Crippen molar-refractivity contribution in [2.24, 2.45) is 0 Å². The summed E-state index contributed by atoms with van der Waals surface area (Å²) < 4.78 is 2.04. The first-order valence-electron chi connectivity index (χ1n) is 11.9. The Kier molecular flexibility index (Phi) is 6.40. The second-order valence-corrected chi connectivity index (χ2v) is 9.55. The first-order chi connectivity index (χ1) is 17.3. The van der Waals surface area contributed by atoms with Gasteiger partial charge in [-0.05, 0) is 68.5 Å². The van der Waals surface area contributed by atoms with E-state index < -0.39 is 6.09 Å². The second kappa shape index (κ2) is 9.66. The summed E-state index contributed by atoms with van der Waals surface area (Å²) in [6.07, 6.45) is 3.35. The average molecular weight is 507 g/mol. The summed E-state index contributed by atoms with van der Waals surface area (Å²) >= 11 is 6.55. The highest BCUT2D eigenvalue weighted by Gasteiger charge is 2.25. The van der Waals surface area contributed by atoms with Gasteiger partial charge in [0.25, 0.3) is 5.91 Å². The highest BCUT2D eigenvalue weighted by atomic mass is 35.5. The standard InChI is InChI=1S/C26H27ClN6O3/c1-14-10-20-21(11-15(14)2)33-22(13-30-24(33)23(32-20)28-8-3-9-29-26(35)36)16-4-7-18(19(27)12-16)25(34)31-17-5-6-17/h4,7,10-13,17,29H,3,5-6,8-9H2,1-2H3,(H,28,32)(H,31,34)(H,35,36). The van der Waals surface area contributed by atoms with Crippen molar-refractivity contribution >= 4 is 46.1 Å². The molecule has 4 N–H and O–H groups in total. The number of benzene rings is 2.